The van der Waals surface area contributed by atoms with Crippen molar-refractivity contribution in [3.63, 3.8) is 0 Å². The fourth-order valence-corrected chi connectivity index (χ4v) is 1.62. The third kappa shape index (κ3) is 3.26. The van der Waals surface area contributed by atoms with E-state index in [1.807, 2.05) is 60.7 Å². The predicted molar refractivity (Wildman–Crippen MR) is 66.5 cm³/mol. The van der Waals surface area contributed by atoms with Crippen molar-refractivity contribution in [1.82, 2.24) is 0 Å². The first-order chi connectivity index (χ1) is 8.40. The molecule has 0 heterocycles. The summed E-state index contributed by atoms with van der Waals surface area (Å²) in [6.45, 7) is 0.444. The number of hydrogen-bond donors (Lipinski definition) is 0. The van der Waals surface area contributed by atoms with Gasteiger partial charge in [0.2, 0.25) is 0 Å². The Hall–Kier alpha value is -1.93. The van der Waals surface area contributed by atoms with Crippen molar-refractivity contribution in [1.29, 1.82) is 0 Å². The number of ether oxygens (including phenoxy) is 1. The largest absolute Gasteiger partial charge is 0.361 e. The minimum absolute atomic E-state index is 0.444. The van der Waals surface area contributed by atoms with Gasteiger partial charge in [-0.25, -0.2) is 0 Å². The second-order valence-electron chi connectivity index (χ2n) is 3.76. The molecular formula is C15H14O2. The number of benzene rings is 2. The van der Waals surface area contributed by atoms with Crippen LogP contribution in [0.4, 0.5) is 0 Å². The zero-order valence-electron chi connectivity index (χ0n) is 9.45. The van der Waals surface area contributed by atoms with Crippen LogP contribution in [0.2, 0.25) is 0 Å². The third-order valence-electron chi connectivity index (χ3n) is 2.52. The first-order valence-electron chi connectivity index (χ1n) is 5.56. The lowest BCUT2D eigenvalue weighted by molar-refractivity contribution is -0.119. The summed E-state index contributed by atoms with van der Waals surface area (Å²) in [6, 6.07) is 19.3. The van der Waals surface area contributed by atoms with Gasteiger partial charge in [0, 0.05) is 0 Å². The first-order valence-corrected chi connectivity index (χ1v) is 5.56. The molecule has 0 fully saturated rings. The van der Waals surface area contributed by atoms with Crippen LogP contribution < -0.4 is 0 Å². The summed E-state index contributed by atoms with van der Waals surface area (Å²) >= 11 is 0. The van der Waals surface area contributed by atoms with E-state index in [9.17, 15) is 4.79 Å². The molecule has 0 saturated heterocycles. The summed E-state index contributed by atoms with van der Waals surface area (Å²) in [6.07, 6.45) is 0.342. The van der Waals surface area contributed by atoms with Gasteiger partial charge in [-0.2, -0.15) is 0 Å². The van der Waals surface area contributed by atoms with E-state index in [0.717, 1.165) is 17.4 Å². The van der Waals surface area contributed by atoms with E-state index >= 15 is 0 Å². The fraction of sp³-hybridized carbons (Fsp3) is 0.133. The van der Waals surface area contributed by atoms with Crippen LogP contribution in [0.15, 0.2) is 60.7 Å². The van der Waals surface area contributed by atoms with Gasteiger partial charge in [-0.3, -0.25) is 0 Å². The zero-order valence-corrected chi connectivity index (χ0v) is 9.45. The normalized spacial score (nSPS) is 12.0. The molecule has 0 amide bonds. The number of rotatable bonds is 5. The van der Waals surface area contributed by atoms with E-state index in [1.165, 1.54) is 0 Å². The van der Waals surface area contributed by atoms with Crippen LogP contribution in [0, 0.1) is 0 Å². The molecule has 2 rings (SSSR count). The molecule has 0 saturated carbocycles. The van der Waals surface area contributed by atoms with Gasteiger partial charge < -0.3 is 9.53 Å². The van der Waals surface area contributed by atoms with Crippen molar-refractivity contribution in [2.24, 2.45) is 0 Å². The smallest absolute Gasteiger partial charge is 0.153 e. The maximum atomic E-state index is 11.0. The van der Waals surface area contributed by atoms with Gasteiger partial charge in [-0.15, -0.1) is 0 Å². The highest BCUT2D eigenvalue weighted by Crippen LogP contribution is 2.16. The average Bonchev–Trinajstić information content (AvgIpc) is 2.42. The SMILES string of the molecule is O=CC(OCc1ccccc1)c1ccccc1. The van der Waals surface area contributed by atoms with E-state index < -0.39 is 6.10 Å². The number of aldehydes is 1. The van der Waals surface area contributed by atoms with Crippen molar-refractivity contribution in [3.05, 3.63) is 71.8 Å². The first kappa shape index (κ1) is 11.6. The van der Waals surface area contributed by atoms with Crippen molar-refractivity contribution >= 4 is 6.29 Å². The number of hydrogen-bond acceptors (Lipinski definition) is 2. The van der Waals surface area contributed by atoms with Crippen LogP contribution in [0.1, 0.15) is 17.2 Å². The molecule has 0 spiro atoms. The minimum Gasteiger partial charge on any atom is -0.361 e. The van der Waals surface area contributed by atoms with E-state index in [4.69, 9.17) is 4.74 Å². The van der Waals surface area contributed by atoms with Gasteiger partial charge in [0.1, 0.15) is 6.10 Å². The van der Waals surface area contributed by atoms with Gasteiger partial charge in [-0.1, -0.05) is 60.7 Å². The fourth-order valence-electron chi connectivity index (χ4n) is 1.62. The molecule has 1 unspecified atom stereocenters. The molecule has 0 radical (unpaired) electrons. The summed E-state index contributed by atoms with van der Waals surface area (Å²) < 4.78 is 5.60. The Morgan fingerprint density at radius 2 is 1.53 bits per heavy atom. The zero-order chi connectivity index (χ0) is 11.9. The van der Waals surface area contributed by atoms with Gasteiger partial charge in [-0.05, 0) is 11.1 Å². The summed E-state index contributed by atoms with van der Waals surface area (Å²) in [5.41, 5.74) is 1.95. The molecule has 0 aliphatic heterocycles. The Morgan fingerprint density at radius 3 is 2.12 bits per heavy atom. The van der Waals surface area contributed by atoms with Crippen LogP contribution in [0.25, 0.3) is 0 Å². The molecule has 0 aromatic heterocycles. The highest BCUT2D eigenvalue weighted by atomic mass is 16.5. The van der Waals surface area contributed by atoms with E-state index in [1.54, 1.807) is 0 Å². The number of carbonyl (C=O) groups is 1. The molecular weight excluding hydrogens is 212 g/mol. The summed E-state index contributed by atoms with van der Waals surface area (Å²) in [5, 5.41) is 0. The standard InChI is InChI=1S/C15H14O2/c16-11-15(14-9-5-2-6-10-14)17-12-13-7-3-1-4-8-13/h1-11,15H,12H2. The summed E-state index contributed by atoms with van der Waals surface area (Å²) in [7, 11) is 0. The van der Waals surface area contributed by atoms with Gasteiger partial charge >= 0.3 is 0 Å². The van der Waals surface area contributed by atoms with Crippen molar-refractivity contribution < 1.29 is 9.53 Å². The maximum Gasteiger partial charge on any atom is 0.153 e. The Kier molecular flexibility index (Phi) is 4.05. The van der Waals surface area contributed by atoms with E-state index in [2.05, 4.69) is 0 Å². The molecule has 2 aromatic rings. The molecule has 0 aliphatic rings. The maximum absolute atomic E-state index is 11.0. The molecule has 1 atom stereocenters. The van der Waals surface area contributed by atoms with Gasteiger partial charge in [0.05, 0.1) is 6.61 Å². The predicted octanol–water partition coefficient (Wildman–Crippen LogP) is 3.14. The van der Waals surface area contributed by atoms with E-state index in [-0.39, 0.29) is 0 Å². The van der Waals surface area contributed by atoms with Gasteiger partial charge in [0.15, 0.2) is 6.29 Å². The monoisotopic (exact) mass is 226 g/mol. The molecule has 0 aliphatic carbocycles. The Morgan fingerprint density at radius 1 is 0.941 bits per heavy atom. The van der Waals surface area contributed by atoms with Crippen LogP contribution in [0.3, 0.4) is 0 Å². The summed E-state index contributed by atoms with van der Waals surface area (Å²) in [5.74, 6) is 0. The van der Waals surface area contributed by atoms with Crippen LogP contribution in [0.5, 0.6) is 0 Å². The molecule has 86 valence electrons. The van der Waals surface area contributed by atoms with Gasteiger partial charge in [0.25, 0.3) is 0 Å². The number of carbonyl (C=O) groups excluding carboxylic acids is 1. The van der Waals surface area contributed by atoms with Crippen molar-refractivity contribution in [2.45, 2.75) is 12.7 Å². The highest BCUT2D eigenvalue weighted by Gasteiger charge is 2.09. The lowest BCUT2D eigenvalue weighted by atomic mass is 10.1. The Labute approximate surface area is 101 Å². The van der Waals surface area contributed by atoms with Crippen LogP contribution >= 0.6 is 0 Å². The molecule has 0 N–H and O–H groups in total. The Bertz CT molecular complexity index is 451. The van der Waals surface area contributed by atoms with Crippen LogP contribution in [-0.2, 0) is 16.1 Å². The average molecular weight is 226 g/mol. The topological polar surface area (TPSA) is 26.3 Å². The van der Waals surface area contributed by atoms with Crippen molar-refractivity contribution in [3.8, 4) is 0 Å². The molecule has 0 bridgehead atoms. The van der Waals surface area contributed by atoms with Crippen molar-refractivity contribution in [2.75, 3.05) is 0 Å². The quantitative estimate of drug-likeness (QED) is 0.732. The summed E-state index contributed by atoms with van der Waals surface area (Å²) in [4.78, 5) is 11.0. The molecule has 2 nitrogen and oxygen atoms in total. The second kappa shape index (κ2) is 5.97. The van der Waals surface area contributed by atoms with E-state index in [0.29, 0.717) is 6.61 Å². The lowest BCUT2D eigenvalue weighted by Gasteiger charge is -2.12. The van der Waals surface area contributed by atoms with Crippen LogP contribution in [-0.4, -0.2) is 6.29 Å². The second-order valence-corrected chi connectivity index (χ2v) is 3.76. The molecule has 2 aromatic carbocycles. The lowest BCUT2D eigenvalue weighted by Crippen LogP contribution is -2.05. The minimum atomic E-state index is -0.489. The third-order valence-corrected chi connectivity index (χ3v) is 2.52. The molecule has 2 heteroatoms. The molecule has 17 heavy (non-hydrogen) atoms. The Balaban J connectivity index is 2.00. The highest BCUT2D eigenvalue weighted by molar-refractivity contribution is 5.59.